The molecule has 2 aromatic rings. The number of rotatable bonds is 7. The van der Waals surface area contributed by atoms with E-state index < -0.39 is 0 Å². The van der Waals surface area contributed by atoms with E-state index in [1.54, 1.807) is 12.1 Å². The monoisotopic (exact) mass is 273 g/mol. The predicted octanol–water partition coefficient (Wildman–Crippen LogP) is 4.62. The predicted molar refractivity (Wildman–Crippen MR) is 80.6 cm³/mol. The van der Waals surface area contributed by atoms with Crippen LogP contribution in [0.25, 0.3) is 0 Å². The molecule has 2 rings (SSSR count). The number of unbranched alkanes of at least 4 members (excludes halogenated alkanes) is 1. The normalized spacial score (nSPS) is 10.3. The number of benzene rings is 2. The second kappa shape index (κ2) is 7.53. The summed E-state index contributed by atoms with van der Waals surface area (Å²) in [5.41, 5.74) is 1.54. The van der Waals surface area contributed by atoms with E-state index in [1.807, 2.05) is 30.3 Å². The van der Waals surface area contributed by atoms with Crippen LogP contribution in [-0.2, 0) is 6.54 Å². The summed E-state index contributed by atoms with van der Waals surface area (Å²) in [5.74, 6) is 0.627. The van der Waals surface area contributed by atoms with Gasteiger partial charge in [0.2, 0.25) is 0 Å². The zero-order chi connectivity index (χ0) is 14.2. The summed E-state index contributed by atoms with van der Waals surface area (Å²) in [6.45, 7) is 3.28. The fourth-order valence-electron chi connectivity index (χ4n) is 1.90. The third-order valence-corrected chi connectivity index (χ3v) is 3.07. The van der Waals surface area contributed by atoms with Gasteiger partial charge in [-0.2, -0.15) is 0 Å². The number of anilines is 1. The molecule has 20 heavy (non-hydrogen) atoms. The van der Waals surface area contributed by atoms with Gasteiger partial charge in [-0.05, 0) is 24.6 Å². The molecule has 0 aromatic heterocycles. The zero-order valence-corrected chi connectivity index (χ0v) is 11.7. The largest absolute Gasteiger partial charge is 0.491 e. The summed E-state index contributed by atoms with van der Waals surface area (Å²) >= 11 is 0. The Labute approximate surface area is 119 Å². The van der Waals surface area contributed by atoms with E-state index >= 15 is 0 Å². The van der Waals surface area contributed by atoms with E-state index in [9.17, 15) is 4.39 Å². The molecule has 2 nitrogen and oxygen atoms in total. The Hall–Kier alpha value is -2.03. The standard InChI is InChI=1S/C17H20FNO/c1-2-3-12-20-17-11-7-6-10-16(17)19-13-14-8-4-5-9-15(14)18/h4-11,19H,2-3,12-13H2,1H3. The molecule has 0 bridgehead atoms. The van der Waals surface area contributed by atoms with Gasteiger partial charge in [0, 0.05) is 12.1 Å². The minimum absolute atomic E-state index is 0.190. The van der Waals surface area contributed by atoms with E-state index in [2.05, 4.69) is 12.2 Å². The first-order valence-corrected chi connectivity index (χ1v) is 7.00. The number of nitrogens with one attached hydrogen (secondary N) is 1. The zero-order valence-electron chi connectivity index (χ0n) is 11.7. The first-order chi connectivity index (χ1) is 9.81. The maximum Gasteiger partial charge on any atom is 0.142 e. The van der Waals surface area contributed by atoms with Crippen LogP contribution in [0.5, 0.6) is 5.75 Å². The second-order valence-corrected chi connectivity index (χ2v) is 4.64. The van der Waals surface area contributed by atoms with E-state index in [1.165, 1.54) is 6.07 Å². The van der Waals surface area contributed by atoms with Gasteiger partial charge < -0.3 is 10.1 Å². The fourth-order valence-corrected chi connectivity index (χ4v) is 1.90. The Morgan fingerprint density at radius 3 is 2.60 bits per heavy atom. The van der Waals surface area contributed by atoms with Crippen LogP contribution in [-0.4, -0.2) is 6.61 Å². The third kappa shape index (κ3) is 3.98. The van der Waals surface area contributed by atoms with Crippen molar-refractivity contribution in [1.29, 1.82) is 0 Å². The van der Waals surface area contributed by atoms with Crippen LogP contribution in [0.15, 0.2) is 48.5 Å². The average molecular weight is 273 g/mol. The number of hydrogen-bond acceptors (Lipinski definition) is 2. The molecule has 0 radical (unpaired) electrons. The molecule has 0 saturated heterocycles. The van der Waals surface area contributed by atoms with Crippen molar-refractivity contribution in [2.24, 2.45) is 0 Å². The van der Waals surface area contributed by atoms with Crippen molar-refractivity contribution in [2.75, 3.05) is 11.9 Å². The molecule has 3 heteroatoms. The third-order valence-electron chi connectivity index (χ3n) is 3.07. The molecule has 0 unspecified atom stereocenters. The van der Waals surface area contributed by atoms with Crippen molar-refractivity contribution in [1.82, 2.24) is 0 Å². The molecule has 106 valence electrons. The van der Waals surface area contributed by atoms with Gasteiger partial charge in [-0.1, -0.05) is 43.7 Å². The Morgan fingerprint density at radius 2 is 1.80 bits per heavy atom. The van der Waals surface area contributed by atoms with Crippen molar-refractivity contribution in [3.8, 4) is 5.75 Å². The molecule has 0 atom stereocenters. The molecule has 0 spiro atoms. The first-order valence-electron chi connectivity index (χ1n) is 7.00. The quantitative estimate of drug-likeness (QED) is 0.743. The first kappa shape index (κ1) is 14.4. The smallest absolute Gasteiger partial charge is 0.142 e. The summed E-state index contributed by atoms with van der Waals surface area (Å²) in [5, 5.41) is 3.23. The van der Waals surface area contributed by atoms with Crippen LogP contribution in [0.4, 0.5) is 10.1 Å². The molecule has 0 aliphatic heterocycles. The molecule has 0 heterocycles. The average Bonchev–Trinajstić information content (AvgIpc) is 2.48. The number of para-hydroxylation sites is 2. The number of ether oxygens (including phenoxy) is 1. The van der Waals surface area contributed by atoms with Crippen LogP contribution in [0.2, 0.25) is 0 Å². The Balaban J connectivity index is 2.00. The highest BCUT2D eigenvalue weighted by molar-refractivity contribution is 5.56. The van der Waals surface area contributed by atoms with Gasteiger partial charge in [-0.15, -0.1) is 0 Å². The van der Waals surface area contributed by atoms with E-state index in [0.717, 1.165) is 24.3 Å². The van der Waals surface area contributed by atoms with Crippen LogP contribution < -0.4 is 10.1 Å². The highest BCUT2D eigenvalue weighted by Crippen LogP contribution is 2.24. The fraction of sp³-hybridized carbons (Fsp3) is 0.294. The SMILES string of the molecule is CCCCOc1ccccc1NCc1ccccc1F. The van der Waals surface area contributed by atoms with Gasteiger partial charge in [-0.3, -0.25) is 0 Å². The molecule has 0 aliphatic carbocycles. The van der Waals surface area contributed by atoms with Crippen LogP contribution in [0.1, 0.15) is 25.3 Å². The highest BCUT2D eigenvalue weighted by atomic mass is 19.1. The minimum atomic E-state index is -0.190. The second-order valence-electron chi connectivity index (χ2n) is 4.64. The van der Waals surface area contributed by atoms with Crippen LogP contribution in [0, 0.1) is 5.82 Å². The Morgan fingerprint density at radius 1 is 1.05 bits per heavy atom. The number of halogens is 1. The Kier molecular flexibility index (Phi) is 5.42. The molecule has 1 N–H and O–H groups in total. The van der Waals surface area contributed by atoms with Crippen LogP contribution >= 0.6 is 0 Å². The Bertz CT molecular complexity index is 542. The van der Waals surface area contributed by atoms with E-state index in [4.69, 9.17) is 4.74 Å². The lowest BCUT2D eigenvalue weighted by Gasteiger charge is -2.13. The van der Waals surface area contributed by atoms with Gasteiger partial charge in [-0.25, -0.2) is 4.39 Å². The lowest BCUT2D eigenvalue weighted by atomic mass is 10.2. The van der Waals surface area contributed by atoms with Crippen molar-refractivity contribution < 1.29 is 9.13 Å². The van der Waals surface area contributed by atoms with Crippen molar-refractivity contribution in [2.45, 2.75) is 26.3 Å². The minimum Gasteiger partial charge on any atom is -0.491 e. The van der Waals surface area contributed by atoms with Crippen molar-refractivity contribution in [3.63, 3.8) is 0 Å². The molecular weight excluding hydrogens is 253 g/mol. The molecule has 0 amide bonds. The van der Waals surface area contributed by atoms with Crippen molar-refractivity contribution in [3.05, 3.63) is 59.9 Å². The highest BCUT2D eigenvalue weighted by Gasteiger charge is 2.04. The van der Waals surface area contributed by atoms with Crippen molar-refractivity contribution >= 4 is 5.69 Å². The summed E-state index contributed by atoms with van der Waals surface area (Å²) < 4.78 is 19.3. The molecule has 0 fully saturated rings. The molecule has 2 aromatic carbocycles. The molecule has 0 saturated carbocycles. The van der Waals surface area contributed by atoms with Gasteiger partial charge in [0.25, 0.3) is 0 Å². The summed E-state index contributed by atoms with van der Waals surface area (Å²) in [6, 6.07) is 14.5. The summed E-state index contributed by atoms with van der Waals surface area (Å²) in [4.78, 5) is 0. The maximum absolute atomic E-state index is 13.6. The maximum atomic E-state index is 13.6. The van der Waals surface area contributed by atoms with Gasteiger partial charge in [0.05, 0.1) is 12.3 Å². The topological polar surface area (TPSA) is 21.3 Å². The molecular formula is C17H20FNO. The van der Waals surface area contributed by atoms with Gasteiger partial charge >= 0.3 is 0 Å². The molecule has 0 aliphatic rings. The lowest BCUT2D eigenvalue weighted by Crippen LogP contribution is -2.05. The van der Waals surface area contributed by atoms with E-state index in [-0.39, 0.29) is 5.82 Å². The lowest BCUT2D eigenvalue weighted by molar-refractivity contribution is 0.310. The van der Waals surface area contributed by atoms with Gasteiger partial charge in [0.1, 0.15) is 11.6 Å². The number of hydrogen-bond donors (Lipinski definition) is 1. The van der Waals surface area contributed by atoms with Gasteiger partial charge in [0.15, 0.2) is 0 Å². The van der Waals surface area contributed by atoms with E-state index in [0.29, 0.717) is 18.7 Å². The van der Waals surface area contributed by atoms with Crippen LogP contribution in [0.3, 0.4) is 0 Å². The summed E-state index contributed by atoms with van der Waals surface area (Å²) in [6.07, 6.45) is 2.13. The summed E-state index contributed by atoms with van der Waals surface area (Å²) in [7, 11) is 0.